The molecule has 0 atom stereocenters. The van der Waals surface area contributed by atoms with Gasteiger partial charge >= 0.3 is 0 Å². The largest absolute Gasteiger partial charge is 0.339 e. The third-order valence-electron chi connectivity index (χ3n) is 4.23. The van der Waals surface area contributed by atoms with Crippen molar-refractivity contribution in [3.63, 3.8) is 0 Å². The smallest absolute Gasteiger partial charge is 0.202 e. The van der Waals surface area contributed by atoms with E-state index >= 15 is 0 Å². The van der Waals surface area contributed by atoms with Crippen molar-refractivity contribution < 1.29 is 0 Å². The molecule has 4 fully saturated rings. The highest BCUT2D eigenvalue weighted by Gasteiger charge is 2.33. The number of benzene rings is 1. The van der Waals surface area contributed by atoms with Gasteiger partial charge in [-0.05, 0) is 24.3 Å². The van der Waals surface area contributed by atoms with Gasteiger partial charge in [0.2, 0.25) is 11.9 Å². The van der Waals surface area contributed by atoms with Gasteiger partial charge in [-0.1, -0.05) is 0 Å². The Balaban J connectivity index is 1.36. The van der Waals surface area contributed by atoms with Gasteiger partial charge in [0.05, 0.1) is 11.4 Å². The van der Waals surface area contributed by atoms with Crippen LogP contribution in [0.4, 0.5) is 11.4 Å². The molecule has 0 bridgehead atoms. The third kappa shape index (κ3) is 2.61. The van der Waals surface area contributed by atoms with Crippen LogP contribution in [-0.4, -0.2) is 83.9 Å². The summed E-state index contributed by atoms with van der Waals surface area (Å²) in [4.78, 5) is 18.9. The van der Waals surface area contributed by atoms with Crippen LogP contribution in [0.25, 0.3) is 0 Å². The van der Waals surface area contributed by atoms with Crippen molar-refractivity contribution in [2.75, 3.05) is 52.4 Å². The summed E-state index contributed by atoms with van der Waals surface area (Å²) in [7, 11) is 0. The zero-order valence-electron chi connectivity index (χ0n) is 12.6. The maximum absolute atomic E-state index is 4.80. The molecule has 0 spiro atoms. The summed E-state index contributed by atoms with van der Waals surface area (Å²) >= 11 is 0. The number of hydrogen-bond donors (Lipinski definition) is 0. The van der Waals surface area contributed by atoms with Gasteiger partial charge < -0.3 is 19.6 Å². The fourth-order valence-corrected chi connectivity index (χ4v) is 2.52. The predicted molar refractivity (Wildman–Crippen MR) is 86.9 cm³/mol. The van der Waals surface area contributed by atoms with E-state index in [-0.39, 0.29) is 0 Å². The topological polar surface area (TPSA) is 36.8 Å². The molecule has 114 valence electrons. The van der Waals surface area contributed by atoms with Gasteiger partial charge in [0.1, 0.15) is 0 Å². The molecule has 1 aromatic rings. The van der Waals surface area contributed by atoms with Crippen LogP contribution in [0.1, 0.15) is 0 Å². The molecule has 6 heteroatoms. The second-order valence-corrected chi connectivity index (χ2v) is 6.29. The van der Waals surface area contributed by atoms with Crippen LogP contribution in [0.3, 0.4) is 0 Å². The Bertz CT molecular complexity index is 548. The van der Waals surface area contributed by atoms with Crippen molar-refractivity contribution in [3.05, 3.63) is 24.3 Å². The maximum Gasteiger partial charge on any atom is 0.202 e. The summed E-state index contributed by atoms with van der Waals surface area (Å²) in [5.41, 5.74) is 2.04. The molecule has 0 N–H and O–H groups in total. The van der Waals surface area contributed by atoms with E-state index < -0.39 is 0 Å². The Labute approximate surface area is 130 Å². The summed E-state index contributed by atoms with van der Waals surface area (Å²) in [5, 5.41) is 0. The van der Waals surface area contributed by atoms with E-state index in [4.69, 9.17) is 9.98 Å². The van der Waals surface area contributed by atoms with Gasteiger partial charge in [-0.25, -0.2) is 9.98 Å². The molecule has 0 unspecified atom stereocenters. The summed E-state index contributed by atoms with van der Waals surface area (Å²) in [5.74, 6) is 2.29. The lowest BCUT2D eigenvalue weighted by atomic mass is 10.3. The summed E-state index contributed by atoms with van der Waals surface area (Å²) in [6.07, 6.45) is 0. The van der Waals surface area contributed by atoms with Crippen molar-refractivity contribution in [1.29, 1.82) is 0 Å². The lowest BCUT2D eigenvalue weighted by Crippen LogP contribution is -2.20. The van der Waals surface area contributed by atoms with E-state index in [9.17, 15) is 0 Å². The first-order chi connectivity index (χ1) is 10.9. The Kier molecular flexibility index (Phi) is 2.59. The molecular formula is C16H20N6. The third-order valence-corrected chi connectivity index (χ3v) is 4.23. The number of nitrogens with zero attached hydrogens (tertiary/aromatic N) is 6. The first kappa shape index (κ1) is 12.3. The van der Waals surface area contributed by atoms with Crippen molar-refractivity contribution >= 4 is 23.3 Å². The van der Waals surface area contributed by atoms with Gasteiger partial charge in [0.15, 0.2) is 0 Å². The number of guanidine groups is 2. The van der Waals surface area contributed by atoms with Crippen LogP contribution < -0.4 is 0 Å². The molecule has 4 aliphatic rings. The second kappa shape index (κ2) is 4.63. The number of rotatable bonds is 2. The quantitative estimate of drug-likeness (QED) is 0.462. The minimum atomic E-state index is 1.02. The minimum Gasteiger partial charge on any atom is -0.339 e. The van der Waals surface area contributed by atoms with E-state index in [0.29, 0.717) is 0 Å². The average molecular weight is 296 g/mol. The fourth-order valence-electron chi connectivity index (χ4n) is 2.52. The zero-order valence-corrected chi connectivity index (χ0v) is 12.6. The Hall–Kier alpha value is -2.24. The molecule has 4 heterocycles. The molecule has 0 radical (unpaired) electrons. The first-order valence-electron chi connectivity index (χ1n) is 8.14. The SMILES string of the molecule is c1cc(N=C(N2CC2)N2CC2)ccc1N=C(N1CC1)N1CC1. The molecule has 0 aromatic heterocycles. The normalized spacial score (nSPS) is 20.7. The second-order valence-electron chi connectivity index (χ2n) is 6.29. The van der Waals surface area contributed by atoms with E-state index in [1.54, 1.807) is 0 Å². The van der Waals surface area contributed by atoms with E-state index in [1.807, 2.05) is 0 Å². The average Bonchev–Trinajstić information content (AvgIpc) is 3.39. The molecule has 6 nitrogen and oxygen atoms in total. The van der Waals surface area contributed by atoms with Crippen molar-refractivity contribution in [3.8, 4) is 0 Å². The first-order valence-corrected chi connectivity index (χ1v) is 8.14. The van der Waals surface area contributed by atoms with Gasteiger partial charge in [-0.2, -0.15) is 0 Å². The Morgan fingerprint density at radius 3 is 1.05 bits per heavy atom. The Morgan fingerprint density at radius 2 is 0.818 bits per heavy atom. The molecule has 22 heavy (non-hydrogen) atoms. The lowest BCUT2D eigenvalue weighted by molar-refractivity contribution is 0.683. The van der Waals surface area contributed by atoms with Crippen molar-refractivity contribution in [2.24, 2.45) is 9.98 Å². The van der Waals surface area contributed by atoms with Crippen LogP contribution >= 0.6 is 0 Å². The van der Waals surface area contributed by atoms with Crippen LogP contribution in [0.2, 0.25) is 0 Å². The highest BCUT2D eigenvalue weighted by atomic mass is 15.5. The van der Waals surface area contributed by atoms with Crippen molar-refractivity contribution in [1.82, 2.24) is 19.6 Å². The highest BCUT2D eigenvalue weighted by Crippen LogP contribution is 2.25. The molecular weight excluding hydrogens is 276 g/mol. The molecule has 0 amide bonds. The summed E-state index contributed by atoms with van der Waals surface area (Å²) < 4.78 is 0. The standard InChI is InChI=1S/C16H20N6/c1-2-14(18-16(21-9-10-21)22-11-12-22)4-3-13(1)17-15(19-5-6-19)20-7-8-20/h1-4H,5-12H2. The van der Waals surface area contributed by atoms with Gasteiger partial charge in [-0.15, -0.1) is 0 Å². The van der Waals surface area contributed by atoms with Crippen molar-refractivity contribution in [2.45, 2.75) is 0 Å². The maximum atomic E-state index is 4.80. The molecule has 5 rings (SSSR count). The van der Waals surface area contributed by atoms with Gasteiger partial charge in [-0.3, -0.25) is 0 Å². The summed E-state index contributed by atoms with van der Waals surface area (Å²) in [6, 6.07) is 8.31. The van der Waals surface area contributed by atoms with Crippen LogP contribution in [0.5, 0.6) is 0 Å². The molecule has 4 saturated heterocycles. The van der Waals surface area contributed by atoms with E-state index in [1.165, 1.54) is 0 Å². The zero-order chi connectivity index (χ0) is 14.5. The Morgan fingerprint density at radius 1 is 0.545 bits per heavy atom. The van der Waals surface area contributed by atoms with Crippen LogP contribution in [0, 0.1) is 0 Å². The van der Waals surface area contributed by atoms with E-state index in [2.05, 4.69) is 43.9 Å². The monoisotopic (exact) mass is 296 g/mol. The lowest BCUT2D eigenvalue weighted by Gasteiger charge is -2.10. The van der Waals surface area contributed by atoms with E-state index in [0.717, 1.165) is 75.7 Å². The van der Waals surface area contributed by atoms with Crippen LogP contribution in [-0.2, 0) is 0 Å². The molecule has 4 aliphatic heterocycles. The van der Waals surface area contributed by atoms with Gasteiger partial charge in [0.25, 0.3) is 0 Å². The molecule has 0 aliphatic carbocycles. The fraction of sp³-hybridized carbons (Fsp3) is 0.500. The number of hydrogen-bond acceptors (Lipinski definition) is 2. The highest BCUT2D eigenvalue weighted by molar-refractivity contribution is 5.87. The number of aliphatic imine (C=N–C) groups is 2. The molecule has 1 aromatic carbocycles. The molecule has 0 saturated carbocycles. The van der Waals surface area contributed by atoms with Gasteiger partial charge in [0, 0.05) is 52.4 Å². The summed E-state index contributed by atoms with van der Waals surface area (Å²) in [6.45, 7) is 9.16. The minimum absolute atomic E-state index is 1.02. The predicted octanol–water partition coefficient (Wildman–Crippen LogP) is 0.924. The van der Waals surface area contributed by atoms with Crippen LogP contribution in [0.15, 0.2) is 34.3 Å².